The molecule has 106 valence electrons. The lowest BCUT2D eigenvalue weighted by molar-refractivity contribution is -0.383. The van der Waals surface area contributed by atoms with E-state index in [1.54, 1.807) is 24.4 Å². The van der Waals surface area contributed by atoms with Crippen LogP contribution in [0.25, 0.3) is 10.9 Å². The van der Waals surface area contributed by atoms with Crippen molar-refractivity contribution >= 4 is 28.2 Å². The lowest BCUT2D eigenvalue weighted by Gasteiger charge is -2.25. The molecule has 0 aliphatic carbocycles. The van der Waals surface area contributed by atoms with Crippen LogP contribution in [0.5, 0.6) is 0 Å². The molecule has 1 unspecified atom stereocenters. The Morgan fingerprint density at radius 3 is 2.65 bits per heavy atom. The van der Waals surface area contributed by atoms with Gasteiger partial charge in [-0.15, -0.1) is 11.6 Å². The summed E-state index contributed by atoms with van der Waals surface area (Å²) in [6, 6.07) is 6.73. The van der Waals surface area contributed by atoms with Crippen LogP contribution in [0, 0.1) is 15.5 Å². The zero-order valence-corrected chi connectivity index (χ0v) is 12.5. The molecule has 0 radical (unpaired) electrons. The molecule has 1 aromatic heterocycles. The van der Waals surface area contributed by atoms with Crippen LogP contribution in [0.15, 0.2) is 30.5 Å². The number of halogens is 1. The fourth-order valence-corrected chi connectivity index (χ4v) is 2.21. The lowest BCUT2D eigenvalue weighted by atomic mass is 9.87. The van der Waals surface area contributed by atoms with Gasteiger partial charge in [0, 0.05) is 17.6 Å². The first-order valence-electron chi connectivity index (χ1n) is 6.46. The number of nitro benzene ring substituents is 1. The Balaban J connectivity index is 2.51. The zero-order chi connectivity index (χ0) is 14.9. The third kappa shape index (κ3) is 2.90. The molecule has 20 heavy (non-hydrogen) atoms. The SMILES string of the molecule is CC(C)(C)C(Cl)Cc1ccc([N+](=O)[O-])c2cccnc12. The molecule has 4 nitrogen and oxygen atoms in total. The molecule has 1 heterocycles. The number of aromatic nitrogens is 1. The van der Waals surface area contributed by atoms with Crippen LogP contribution < -0.4 is 0 Å². The van der Waals surface area contributed by atoms with E-state index < -0.39 is 0 Å². The maximum Gasteiger partial charge on any atom is 0.278 e. The predicted molar refractivity (Wildman–Crippen MR) is 81.2 cm³/mol. The molecule has 0 aliphatic rings. The average molecular weight is 293 g/mol. The molecular weight excluding hydrogens is 276 g/mol. The van der Waals surface area contributed by atoms with Crippen LogP contribution in [-0.2, 0) is 6.42 Å². The first-order chi connectivity index (χ1) is 9.30. The van der Waals surface area contributed by atoms with Gasteiger partial charge in [-0.3, -0.25) is 15.1 Å². The van der Waals surface area contributed by atoms with E-state index in [2.05, 4.69) is 25.8 Å². The molecular formula is C15H17ClN2O2. The molecule has 5 heteroatoms. The summed E-state index contributed by atoms with van der Waals surface area (Å²) in [5.41, 5.74) is 1.65. The van der Waals surface area contributed by atoms with Gasteiger partial charge in [0.25, 0.3) is 5.69 Å². The molecule has 1 aromatic carbocycles. The summed E-state index contributed by atoms with van der Waals surface area (Å²) < 4.78 is 0. The molecule has 2 rings (SSSR count). The highest BCUT2D eigenvalue weighted by Gasteiger charge is 2.24. The second kappa shape index (κ2) is 5.37. The number of hydrogen-bond donors (Lipinski definition) is 0. The number of alkyl halides is 1. The van der Waals surface area contributed by atoms with Gasteiger partial charge >= 0.3 is 0 Å². The van der Waals surface area contributed by atoms with Crippen molar-refractivity contribution < 1.29 is 4.92 Å². The Morgan fingerprint density at radius 1 is 1.35 bits per heavy atom. The van der Waals surface area contributed by atoms with E-state index in [9.17, 15) is 10.1 Å². The molecule has 0 aliphatic heterocycles. The minimum Gasteiger partial charge on any atom is -0.258 e. The minimum absolute atomic E-state index is 0.0373. The maximum atomic E-state index is 11.1. The summed E-state index contributed by atoms with van der Waals surface area (Å²) in [5, 5.41) is 11.6. The fraction of sp³-hybridized carbons (Fsp3) is 0.400. The standard InChI is InChI=1S/C15H17ClN2O2/c1-15(2,3)13(16)9-10-6-7-12(18(19)20)11-5-4-8-17-14(10)11/h4-8,13H,9H2,1-3H3. The fourth-order valence-electron chi connectivity index (χ4n) is 2.04. The average Bonchev–Trinajstić information content (AvgIpc) is 2.37. The third-order valence-corrected chi connectivity index (χ3v) is 4.17. The maximum absolute atomic E-state index is 11.1. The van der Waals surface area contributed by atoms with E-state index in [4.69, 9.17) is 11.6 Å². The first-order valence-corrected chi connectivity index (χ1v) is 6.89. The number of hydrogen-bond acceptors (Lipinski definition) is 3. The number of nitro groups is 1. The van der Waals surface area contributed by atoms with Gasteiger partial charge in [-0.05, 0) is 35.6 Å². The molecule has 0 spiro atoms. The quantitative estimate of drug-likeness (QED) is 0.480. The van der Waals surface area contributed by atoms with E-state index in [1.807, 2.05) is 0 Å². The van der Waals surface area contributed by atoms with Gasteiger partial charge in [0.15, 0.2) is 0 Å². The summed E-state index contributed by atoms with van der Waals surface area (Å²) in [4.78, 5) is 15.0. The largest absolute Gasteiger partial charge is 0.278 e. The number of non-ortho nitro benzene ring substituents is 1. The van der Waals surface area contributed by atoms with Crippen LogP contribution in [0.4, 0.5) is 5.69 Å². The van der Waals surface area contributed by atoms with Crippen LogP contribution in [0.3, 0.4) is 0 Å². The van der Waals surface area contributed by atoms with Gasteiger partial charge in [0.05, 0.1) is 15.8 Å². The van der Waals surface area contributed by atoms with Crippen molar-refractivity contribution in [2.24, 2.45) is 5.41 Å². The van der Waals surface area contributed by atoms with E-state index in [-0.39, 0.29) is 21.4 Å². The highest BCUT2D eigenvalue weighted by atomic mass is 35.5. The van der Waals surface area contributed by atoms with Crippen molar-refractivity contribution in [3.8, 4) is 0 Å². The molecule has 0 saturated heterocycles. The van der Waals surface area contributed by atoms with Crippen molar-refractivity contribution in [3.05, 3.63) is 46.1 Å². The number of fused-ring (bicyclic) bond motifs is 1. The third-order valence-electron chi connectivity index (χ3n) is 3.37. The van der Waals surface area contributed by atoms with Gasteiger partial charge in [-0.1, -0.05) is 20.8 Å². The highest BCUT2D eigenvalue weighted by Crippen LogP contribution is 2.32. The van der Waals surface area contributed by atoms with Gasteiger partial charge in [-0.25, -0.2) is 0 Å². The van der Waals surface area contributed by atoms with Crippen LogP contribution in [0.1, 0.15) is 26.3 Å². The summed E-state index contributed by atoms with van der Waals surface area (Å²) in [7, 11) is 0. The van der Waals surface area contributed by atoms with Crippen molar-refractivity contribution in [3.63, 3.8) is 0 Å². The van der Waals surface area contributed by atoms with Gasteiger partial charge in [0.1, 0.15) is 0 Å². The lowest BCUT2D eigenvalue weighted by Crippen LogP contribution is -2.23. The van der Waals surface area contributed by atoms with E-state index >= 15 is 0 Å². The normalized spacial score (nSPS) is 13.4. The van der Waals surface area contributed by atoms with Gasteiger partial charge in [0.2, 0.25) is 0 Å². The second-order valence-corrected chi connectivity index (χ2v) is 6.47. The van der Waals surface area contributed by atoms with Crippen molar-refractivity contribution in [1.82, 2.24) is 4.98 Å². The van der Waals surface area contributed by atoms with E-state index in [0.717, 1.165) is 5.56 Å². The zero-order valence-electron chi connectivity index (χ0n) is 11.8. The Kier molecular flexibility index (Phi) is 3.95. The van der Waals surface area contributed by atoms with Crippen LogP contribution in [0.2, 0.25) is 0 Å². The van der Waals surface area contributed by atoms with Crippen molar-refractivity contribution in [1.29, 1.82) is 0 Å². The van der Waals surface area contributed by atoms with E-state index in [1.165, 1.54) is 6.07 Å². The Hall–Kier alpha value is -1.68. The molecule has 0 saturated carbocycles. The minimum atomic E-state index is -0.379. The van der Waals surface area contributed by atoms with Crippen LogP contribution in [-0.4, -0.2) is 15.3 Å². The predicted octanol–water partition coefficient (Wildman–Crippen LogP) is 4.34. The highest BCUT2D eigenvalue weighted by molar-refractivity contribution is 6.21. The summed E-state index contributed by atoms with van der Waals surface area (Å²) in [5.74, 6) is 0. The molecule has 2 aromatic rings. The first kappa shape index (κ1) is 14.7. The Bertz CT molecular complexity index is 650. The second-order valence-electron chi connectivity index (χ2n) is 5.94. The topological polar surface area (TPSA) is 56.0 Å². The number of benzene rings is 1. The molecule has 0 N–H and O–H groups in total. The summed E-state index contributed by atoms with van der Waals surface area (Å²) in [6.45, 7) is 6.23. The summed E-state index contributed by atoms with van der Waals surface area (Å²) >= 11 is 6.43. The van der Waals surface area contributed by atoms with Crippen molar-refractivity contribution in [2.45, 2.75) is 32.6 Å². The molecule has 0 fully saturated rings. The number of nitrogens with zero attached hydrogens (tertiary/aromatic N) is 2. The number of pyridine rings is 1. The van der Waals surface area contributed by atoms with Crippen molar-refractivity contribution in [2.75, 3.05) is 0 Å². The summed E-state index contributed by atoms with van der Waals surface area (Å²) in [6.07, 6.45) is 2.28. The Labute approximate surface area is 122 Å². The number of rotatable bonds is 3. The smallest absolute Gasteiger partial charge is 0.258 e. The van der Waals surface area contributed by atoms with Gasteiger partial charge < -0.3 is 0 Å². The Morgan fingerprint density at radius 2 is 2.05 bits per heavy atom. The molecule has 0 amide bonds. The molecule has 0 bridgehead atoms. The monoisotopic (exact) mass is 292 g/mol. The molecule has 1 atom stereocenters. The van der Waals surface area contributed by atoms with Crippen LogP contribution >= 0.6 is 11.6 Å². The van der Waals surface area contributed by atoms with E-state index in [0.29, 0.717) is 17.3 Å². The van der Waals surface area contributed by atoms with Gasteiger partial charge in [-0.2, -0.15) is 0 Å².